The Hall–Kier alpha value is -3.08. The van der Waals surface area contributed by atoms with Crippen LogP contribution in [0.5, 0.6) is 11.5 Å². The van der Waals surface area contributed by atoms with Gasteiger partial charge in [0.1, 0.15) is 12.4 Å². The van der Waals surface area contributed by atoms with Gasteiger partial charge in [-0.05, 0) is 88.8 Å². The predicted octanol–water partition coefficient (Wildman–Crippen LogP) is 3.14. The lowest BCUT2D eigenvalue weighted by Gasteiger charge is -2.39. The third-order valence-electron chi connectivity index (χ3n) is 8.74. The van der Waals surface area contributed by atoms with Gasteiger partial charge in [-0.2, -0.15) is 0 Å². The first-order valence-electron chi connectivity index (χ1n) is 14.4. The smallest absolute Gasteiger partial charge is 0.339 e. The molecule has 2 N–H and O–H groups in total. The van der Waals surface area contributed by atoms with Crippen molar-refractivity contribution in [3.63, 3.8) is 0 Å². The van der Waals surface area contributed by atoms with Crippen LogP contribution in [0.3, 0.4) is 0 Å². The largest absolute Gasteiger partial charge is 0.497 e. The van der Waals surface area contributed by atoms with Crippen molar-refractivity contribution in [3.05, 3.63) is 47.2 Å². The fourth-order valence-electron chi connectivity index (χ4n) is 6.62. The zero-order valence-electron chi connectivity index (χ0n) is 24.3. The van der Waals surface area contributed by atoms with Crippen LogP contribution in [0.15, 0.2) is 36.1 Å². The topological polar surface area (TPSA) is 124 Å². The van der Waals surface area contributed by atoms with Gasteiger partial charge in [-0.3, -0.25) is 9.69 Å². The van der Waals surface area contributed by atoms with Crippen LogP contribution in [0.4, 0.5) is 0 Å². The normalized spacial score (nSPS) is 26.4. The van der Waals surface area contributed by atoms with E-state index < -0.39 is 41.2 Å². The summed E-state index contributed by atoms with van der Waals surface area (Å²) in [5, 5.41) is 22.0. The van der Waals surface area contributed by atoms with Gasteiger partial charge in [0, 0.05) is 6.54 Å². The van der Waals surface area contributed by atoms with Gasteiger partial charge in [-0.1, -0.05) is 12.2 Å². The number of methoxy groups -OCH3 is 1. The molecule has 10 nitrogen and oxygen atoms in total. The maximum Gasteiger partial charge on any atom is 0.339 e. The number of aliphatic hydroxyl groups is 2. The number of hydrogen-bond acceptors (Lipinski definition) is 10. The molecule has 1 aliphatic carbocycles. The van der Waals surface area contributed by atoms with Crippen molar-refractivity contribution in [2.75, 3.05) is 33.6 Å². The Bertz CT molecular complexity index is 1230. The summed E-state index contributed by atoms with van der Waals surface area (Å²) in [6.45, 7) is 6.86. The molecule has 5 rings (SSSR count). The summed E-state index contributed by atoms with van der Waals surface area (Å²) in [6, 6.07) is 4.00. The van der Waals surface area contributed by atoms with E-state index in [0.29, 0.717) is 17.3 Å². The first-order valence-corrected chi connectivity index (χ1v) is 14.4. The molecule has 1 fully saturated rings. The average molecular weight is 572 g/mol. The zero-order valence-corrected chi connectivity index (χ0v) is 24.3. The van der Waals surface area contributed by atoms with Crippen molar-refractivity contribution in [1.82, 2.24) is 4.90 Å². The second-order valence-corrected chi connectivity index (χ2v) is 12.1. The second-order valence-electron chi connectivity index (χ2n) is 12.1. The van der Waals surface area contributed by atoms with Crippen LogP contribution in [0, 0.1) is 0 Å². The number of fused-ring (bicyclic) bond motifs is 3. The molecule has 0 bridgehead atoms. The minimum atomic E-state index is -2.21. The number of ether oxygens (including phenoxy) is 5. The zero-order chi connectivity index (χ0) is 29.4. The van der Waals surface area contributed by atoms with Crippen molar-refractivity contribution >= 4 is 11.9 Å². The summed E-state index contributed by atoms with van der Waals surface area (Å²) in [5.41, 5.74) is -1.74. The van der Waals surface area contributed by atoms with Crippen molar-refractivity contribution in [1.29, 1.82) is 0 Å². The number of rotatable bonds is 10. The van der Waals surface area contributed by atoms with Crippen LogP contribution in [-0.4, -0.2) is 83.5 Å². The van der Waals surface area contributed by atoms with Crippen LogP contribution >= 0.6 is 0 Å². The Labute approximate surface area is 240 Å². The van der Waals surface area contributed by atoms with E-state index in [1.54, 1.807) is 40.0 Å². The monoisotopic (exact) mass is 571 g/mol. The summed E-state index contributed by atoms with van der Waals surface area (Å²) >= 11 is 0. The van der Waals surface area contributed by atoms with Crippen LogP contribution in [0.2, 0.25) is 0 Å². The maximum atomic E-state index is 13.9. The first-order chi connectivity index (χ1) is 19.5. The lowest BCUT2D eigenvalue weighted by atomic mass is 9.77. The Balaban J connectivity index is 1.49. The number of carbonyl (C=O) groups is 2. The molecule has 3 heterocycles. The molecular weight excluding hydrogens is 530 g/mol. The van der Waals surface area contributed by atoms with E-state index >= 15 is 0 Å². The molecule has 0 saturated carbocycles. The van der Waals surface area contributed by atoms with E-state index in [4.69, 9.17) is 23.7 Å². The molecule has 0 aromatic heterocycles. The quantitative estimate of drug-likeness (QED) is 0.320. The SMILES string of the molecule is C/C=C/COC(=O)C[C@](O)(CCC(C)(C)O)C(=O)OC1C(OC)=C[C@]23CCCN2CCc2cc4c(cc2[C@H]13)OCO4. The number of allylic oxidation sites excluding steroid dienone is 1. The molecule has 0 radical (unpaired) electrons. The summed E-state index contributed by atoms with van der Waals surface area (Å²) in [6.07, 6.45) is 6.52. The molecule has 1 spiro atoms. The van der Waals surface area contributed by atoms with E-state index in [0.717, 1.165) is 43.5 Å². The van der Waals surface area contributed by atoms with Gasteiger partial charge in [-0.25, -0.2) is 4.79 Å². The Morgan fingerprint density at radius 2 is 1.93 bits per heavy atom. The van der Waals surface area contributed by atoms with E-state index in [9.17, 15) is 19.8 Å². The third kappa shape index (κ3) is 5.69. The van der Waals surface area contributed by atoms with Crippen LogP contribution < -0.4 is 9.47 Å². The van der Waals surface area contributed by atoms with Crippen molar-refractivity contribution in [2.45, 2.75) is 88.1 Å². The third-order valence-corrected chi connectivity index (χ3v) is 8.74. The van der Waals surface area contributed by atoms with E-state index in [2.05, 4.69) is 11.0 Å². The molecule has 10 heteroatoms. The lowest BCUT2D eigenvalue weighted by Crippen LogP contribution is -2.49. The Kier molecular flexibility index (Phi) is 8.11. The Morgan fingerprint density at radius 1 is 1.17 bits per heavy atom. The number of esters is 2. The highest BCUT2D eigenvalue weighted by molar-refractivity contribution is 5.86. The molecule has 3 aliphatic heterocycles. The summed E-state index contributed by atoms with van der Waals surface area (Å²) in [7, 11) is 1.55. The number of carbonyl (C=O) groups excluding carboxylic acids is 2. The van der Waals surface area contributed by atoms with Gasteiger partial charge in [0.2, 0.25) is 6.79 Å². The molecule has 4 atom stereocenters. The molecule has 224 valence electrons. The fourth-order valence-corrected chi connectivity index (χ4v) is 6.62. The van der Waals surface area contributed by atoms with Gasteiger partial charge >= 0.3 is 11.9 Å². The second kappa shape index (κ2) is 11.3. The van der Waals surface area contributed by atoms with Gasteiger partial charge in [0.15, 0.2) is 23.2 Å². The lowest BCUT2D eigenvalue weighted by molar-refractivity contribution is -0.179. The summed E-state index contributed by atoms with van der Waals surface area (Å²) in [4.78, 5) is 29.0. The first kappa shape index (κ1) is 29.4. The van der Waals surface area contributed by atoms with Crippen molar-refractivity contribution < 1.29 is 43.5 Å². The maximum absolute atomic E-state index is 13.9. The molecule has 1 saturated heterocycles. The minimum absolute atomic E-state index is 0.0262. The van der Waals surface area contributed by atoms with Gasteiger partial charge in [0.05, 0.1) is 30.6 Å². The Morgan fingerprint density at radius 3 is 2.63 bits per heavy atom. The van der Waals surface area contributed by atoms with E-state index in [1.807, 2.05) is 12.1 Å². The standard InChI is InChI=1S/C31H41NO9/c1-5-6-14-38-25(33)18-31(36,11-10-29(2,3)35)28(34)41-27-24(37-4)17-30-9-7-12-32(30)13-8-20-15-22-23(40-19-39-22)16-21(20)26(27)30/h5-6,15-17,26-27,35-36H,7-14,18-19H2,1-4H3/b6-5+/t26-,27?,30+,31-/m1/s1. The average Bonchev–Trinajstić information content (AvgIpc) is 3.61. The number of nitrogens with zero attached hydrogens (tertiary/aromatic N) is 1. The molecule has 1 unspecified atom stereocenters. The minimum Gasteiger partial charge on any atom is -0.497 e. The van der Waals surface area contributed by atoms with E-state index in [-0.39, 0.29) is 32.2 Å². The molecule has 0 amide bonds. The molecule has 41 heavy (non-hydrogen) atoms. The summed E-state index contributed by atoms with van der Waals surface area (Å²) in [5.74, 6) is -0.169. The summed E-state index contributed by atoms with van der Waals surface area (Å²) < 4.78 is 28.6. The highest BCUT2D eigenvalue weighted by Gasteiger charge is 2.59. The number of benzene rings is 1. The molecule has 4 aliphatic rings. The highest BCUT2D eigenvalue weighted by atomic mass is 16.7. The fraction of sp³-hybridized carbons (Fsp3) is 0.613. The van der Waals surface area contributed by atoms with Crippen LogP contribution in [0.25, 0.3) is 0 Å². The number of hydrogen-bond donors (Lipinski definition) is 2. The van der Waals surface area contributed by atoms with Crippen molar-refractivity contribution in [2.24, 2.45) is 0 Å². The predicted molar refractivity (Wildman–Crippen MR) is 148 cm³/mol. The van der Waals surface area contributed by atoms with Gasteiger partial charge in [-0.15, -0.1) is 0 Å². The van der Waals surface area contributed by atoms with Gasteiger partial charge in [0.25, 0.3) is 0 Å². The van der Waals surface area contributed by atoms with Crippen molar-refractivity contribution in [3.8, 4) is 11.5 Å². The molecule has 1 aromatic carbocycles. The highest BCUT2D eigenvalue weighted by Crippen LogP contribution is 2.55. The molecular formula is C31H41NO9. The van der Waals surface area contributed by atoms with E-state index in [1.165, 1.54) is 0 Å². The van der Waals surface area contributed by atoms with Crippen LogP contribution in [0.1, 0.15) is 69.9 Å². The molecule has 1 aromatic rings. The van der Waals surface area contributed by atoms with Gasteiger partial charge < -0.3 is 33.9 Å². The van der Waals surface area contributed by atoms with Crippen LogP contribution in [-0.2, 0) is 30.2 Å².